The number of nitrogens with zero attached hydrogens (tertiary/aromatic N) is 3. The lowest BCUT2D eigenvalue weighted by Gasteiger charge is -2.30. The summed E-state index contributed by atoms with van der Waals surface area (Å²) in [6.45, 7) is 6.19. The number of carbonyl (C=O) groups is 1. The van der Waals surface area contributed by atoms with Crippen molar-refractivity contribution >= 4 is 34.8 Å². The number of isothiocyanates is 1. The summed E-state index contributed by atoms with van der Waals surface area (Å²) in [5, 5.41) is 2.30. The fourth-order valence-electron chi connectivity index (χ4n) is 2.93. The summed E-state index contributed by atoms with van der Waals surface area (Å²) >= 11 is 4.55. The smallest absolute Gasteiger partial charge is 0.414 e. The van der Waals surface area contributed by atoms with Crippen LogP contribution in [0, 0.1) is 6.92 Å². The minimum Gasteiger partial charge on any atom is -0.442 e. The molecule has 0 radical (unpaired) electrons. The third-order valence-electron chi connectivity index (χ3n) is 4.08. The van der Waals surface area contributed by atoms with E-state index in [4.69, 9.17) is 9.47 Å². The monoisotopic (exact) mass is 333 g/mol. The second kappa shape index (κ2) is 7.08. The van der Waals surface area contributed by atoms with Gasteiger partial charge in [-0.25, -0.2) is 9.79 Å². The van der Waals surface area contributed by atoms with E-state index < -0.39 is 0 Å². The van der Waals surface area contributed by atoms with Crippen LogP contribution >= 0.6 is 12.2 Å². The number of ether oxygens (including phenoxy) is 2. The lowest BCUT2D eigenvalue weighted by Crippen LogP contribution is -2.36. The highest BCUT2D eigenvalue weighted by atomic mass is 32.1. The third kappa shape index (κ3) is 3.52. The Balaban J connectivity index is 1.74. The summed E-state index contributed by atoms with van der Waals surface area (Å²) in [7, 11) is 0. The van der Waals surface area contributed by atoms with Crippen molar-refractivity contribution in [1.29, 1.82) is 0 Å². The predicted molar refractivity (Wildman–Crippen MR) is 91.7 cm³/mol. The van der Waals surface area contributed by atoms with Gasteiger partial charge in [0.05, 0.1) is 31.5 Å². The maximum Gasteiger partial charge on any atom is 0.414 e. The van der Waals surface area contributed by atoms with Crippen molar-refractivity contribution < 1.29 is 14.3 Å². The number of anilines is 2. The first-order valence-corrected chi connectivity index (χ1v) is 8.05. The molecule has 0 spiro atoms. The summed E-state index contributed by atoms with van der Waals surface area (Å²) in [5.74, 6) is 0. The second-order valence-electron chi connectivity index (χ2n) is 5.62. The van der Waals surface area contributed by atoms with E-state index in [0.29, 0.717) is 13.1 Å². The van der Waals surface area contributed by atoms with E-state index in [0.717, 1.165) is 37.6 Å². The van der Waals surface area contributed by atoms with E-state index in [-0.39, 0.29) is 12.2 Å². The molecule has 122 valence electrons. The fourth-order valence-corrected chi connectivity index (χ4v) is 3.01. The Morgan fingerprint density at radius 3 is 2.87 bits per heavy atom. The van der Waals surface area contributed by atoms with Crippen LogP contribution in [-0.2, 0) is 9.47 Å². The number of aryl methyl sites for hydroxylation is 1. The van der Waals surface area contributed by atoms with Gasteiger partial charge in [-0.2, -0.15) is 0 Å². The predicted octanol–water partition coefficient (Wildman–Crippen LogP) is 2.26. The first-order valence-electron chi connectivity index (χ1n) is 7.64. The Labute approximate surface area is 140 Å². The molecule has 2 saturated heterocycles. The molecule has 2 aliphatic heterocycles. The van der Waals surface area contributed by atoms with Crippen LogP contribution in [0.1, 0.15) is 5.56 Å². The Kier molecular flexibility index (Phi) is 4.91. The maximum atomic E-state index is 12.0. The molecular formula is C16H19N3O3S. The molecule has 3 rings (SSSR count). The number of thiocarbonyl (C=S) groups is 1. The zero-order valence-electron chi connectivity index (χ0n) is 13.0. The van der Waals surface area contributed by atoms with Crippen LogP contribution in [0.4, 0.5) is 16.2 Å². The number of benzene rings is 1. The summed E-state index contributed by atoms with van der Waals surface area (Å²) in [6, 6.07) is 6.05. The molecule has 1 amide bonds. The molecule has 1 atom stereocenters. The van der Waals surface area contributed by atoms with Gasteiger partial charge < -0.3 is 14.4 Å². The summed E-state index contributed by atoms with van der Waals surface area (Å²) < 4.78 is 10.7. The SMILES string of the molecule is Cc1cc(N2C[C@H](CN=C=S)OC2=O)ccc1N1CCOCC1. The lowest BCUT2D eigenvalue weighted by atomic mass is 10.1. The number of morpholine rings is 1. The standard InChI is InChI=1S/C16H19N3O3S/c1-12-8-13(2-3-15(12)18-4-6-21-7-5-18)19-10-14(9-17-11-23)22-16(19)20/h2-3,8,14H,4-7,9-10H2,1H3/t14-/m0/s1. The van der Waals surface area contributed by atoms with Crippen LogP contribution in [-0.4, -0.2) is 56.8 Å². The van der Waals surface area contributed by atoms with Gasteiger partial charge in [-0.3, -0.25) is 4.90 Å². The van der Waals surface area contributed by atoms with Crippen LogP contribution in [0.25, 0.3) is 0 Å². The van der Waals surface area contributed by atoms with E-state index >= 15 is 0 Å². The van der Waals surface area contributed by atoms with Gasteiger partial charge in [0, 0.05) is 24.5 Å². The van der Waals surface area contributed by atoms with E-state index in [1.807, 2.05) is 12.1 Å². The van der Waals surface area contributed by atoms with Gasteiger partial charge in [0.2, 0.25) is 0 Å². The normalized spacial score (nSPS) is 21.1. The van der Waals surface area contributed by atoms with Crippen LogP contribution in [0.5, 0.6) is 0 Å². The quantitative estimate of drug-likeness (QED) is 0.625. The Hall–Kier alpha value is -1.95. The first kappa shape index (κ1) is 15.9. The minimum atomic E-state index is -0.340. The topological polar surface area (TPSA) is 54.4 Å². The first-order chi connectivity index (χ1) is 11.2. The van der Waals surface area contributed by atoms with Crippen LogP contribution in [0.15, 0.2) is 23.2 Å². The zero-order chi connectivity index (χ0) is 16.2. The summed E-state index contributed by atoms with van der Waals surface area (Å²) in [6.07, 6.45) is -0.606. The fraction of sp³-hybridized carbons (Fsp3) is 0.500. The lowest BCUT2D eigenvalue weighted by molar-refractivity contribution is 0.122. The molecule has 2 heterocycles. The van der Waals surface area contributed by atoms with Crippen molar-refractivity contribution in [2.24, 2.45) is 4.99 Å². The highest BCUT2D eigenvalue weighted by molar-refractivity contribution is 7.78. The maximum absolute atomic E-state index is 12.0. The molecule has 0 saturated carbocycles. The minimum absolute atomic E-state index is 0.267. The Morgan fingerprint density at radius 1 is 1.39 bits per heavy atom. The van der Waals surface area contributed by atoms with Gasteiger partial charge >= 0.3 is 6.09 Å². The number of rotatable bonds is 4. The van der Waals surface area contributed by atoms with Crippen molar-refractivity contribution in [3.05, 3.63) is 23.8 Å². The molecule has 6 nitrogen and oxygen atoms in total. The summed E-state index contributed by atoms with van der Waals surface area (Å²) in [4.78, 5) is 19.8. The van der Waals surface area contributed by atoms with E-state index in [2.05, 4.69) is 40.3 Å². The van der Waals surface area contributed by atoms with Crippen molar-refractivity contribution in [2.45, 2.75) is 13.0 Å². The number of cyclic esters (lactones) is 1. The Morgan fingerprint density at radius 2 is 2.17 bits per heavy atom. The van der Waals surface area contributed by atoms with Gasteiger partial charge in [0.15, 0.2) is 0 Å². The molecule has 1 aromatic carbocycles. The van der Waals surface area contributed by atoms with Gasteiger partial charge in [0.1, 0.15) is 6.10 Å². The molecule has 2 aliphatic rings. The molecule has 2 fully saturated rings. The van der Waals surface area contributed by atoms with E-state index in [1.54, 1.807) is 4.90 Å². The number of amides is 1. The molecule has 1 aromatic rings. The van der Waals surface area contributed by atoms with Gasteiger partial charge in [-0.1, -0.05) is 0 Å². The molecule has 0 aromatic heterocycles. The molecule has 7 heteroatoms. The summed E-state index contributed by atoms with van der Waals surface area (Å²) in [5.41, 5.74) is 3.17. The second-order valence-corrected chi connectivity index (χ2v) is 5.80. The van der Waals surface area contributed by atoms with Gasteiger partial charge in [0.25, 0.3) is 0 Å². The molecule has 0 aliphatic carbocycles. The molecule has 0 bridgehead atoms. The number of hydrogen-bond acceptors (Lipinski definition) is 6. The largest absolute Gasteiger partial charge is 0.442 e. The number of aliphatic imine (C=N–C) groups is 1. The van der Waals surface area contributed by atoms with Gasteiger partial charge in [-0.05, 0) is 42.9 Å². The molecule has 0 unspecified atom stereocenters. The Bertz CT molecular complexity index is 639. The van der Waals surface area contributed by atoms with Gasteiger partial charge in [-0.15, -0.1) is 0 Å². The van der Waals surface area contributed by atoms with Crippen molar-refractivity contribution in [2.75, 3.05) is 49.2 Å². The van der Waals surface area contributed by atoms with Crippen molar-refractivity contribution in [1.82, 2.24) is 0 Å². The molecule has 0 N–H and O–H groups in total. The number of carbonyl (C=O) groups excluding carboxylic acids is 1. The third-order valence-corrected chi connectivity index (χ3v) is 4.21. The number of hydrogen-bond donors (Lipinski definition) is 0. The van der Waals surface area contributed by atoms with Crippen molar-refractivity contribution in [3.63, 3.8) is 0 Å². The van der Waals surface area contributed by atoms with Crippen LogP contribution in [0.2, 0.25) is 0 Å². The van der Waals surface area contributed by atoms with E-state index in [9.17, 15) is 4.79 Å². The van der Waals surface area contributed by atoms with Crippen molar-refractivity contribution in [3.8, 4) is 0 Å². The molecule has 23 heavy (non-hydrogen) atoms. The highest BCUT2D eigenvalue weighted by Gasteiger charge is 2.32. The highest BCUT2D eigenvalue weighted by Crippen LogP contribution is 2.28. The average Bonchev–Trinajstić information content (AvgIpc) is 2.94. The zero-order valence-corrected chi connectivity index (χ0v) is 13.8. The van der Waals surface area contributed by atoms with E-state index in [1.165, 1.54) is 5.69 Å². The van der Waals surface area contributed by atoms with Crippen LogP contribution < -0.4 is 9.80 Å². The van der Waals surface area contributed by atoms with Crippen LogP contribution in [0.3, 0.4) is 0 Å². The molecular weight excluding hydrogens is 314 g/mol. The average molecular weight is 333 g/mol.